The largest absolute Gasteiger partial charge is 0.476 e. The van der Waals surface area contributed by atoms with Crippen LogP contribution in [0.4, 0.5) is 4.39 Å². The molecule has 1 unspecified atom stereocenters. The molecule has 1 aromatic rings. The molecule has 1 aliphatic rings. The van der Waals surface area contributed by atoms with Crippen LogP contribution in [0.5, 0.6) is 5.75 Å². The Bertz CT molecular complexity index is 384. The molecule has 1 amide bonds. The second kappa shape index (κ2) is 4.92. The Morgan fingerprint density at radius 3 is 3.19 bits per heavy atom. The van der Waals surface area contributed by atoms with E-state index >= 15 is 0 Å². The number of halogens is 1. The van der Waals surface area contributed by atoms with Crippen molar-refractivity contribution in [2.24, 2.45) is 0 Å². The highest BCUT2D eigenvalue weighted by molar-refractivity contribution is 5.81. The Balaban J connectivity index is 2.08. The fourth-order valence-corrected chi connectivity index (χ4v) is 1.64. The van der Waals surface area contributed by atoms with Crippen molar-refractivity contribution < 1.29 is 13.9 Å². The van der Waals surface area contributed by atoms with E-state index in [1.54, 1.807) is 6.07 Å². The normalized spacial score (nSPS) is 21.1. The van der Waals surface area contributed by atoms with Gasteiger partial charge in [-0.1, -0.05) is 0 Å². The van der Waals surface area contributed by atoms with E-state index in [9.17, 15) is 9.18 Å². The maximum atomic E-state index is 13.2. The topological polar surface area (TPSA) is 51.2 Å². The third-order valence-electron chi connectivity index (χ3n) is 2.48. The summed E-state index contributed by atoms with van der Waals surface area (Å²) in [7, 11) is 0. The van der Waals surface area contributed by atoms with Crippen molar-refractivity contribution in [1.82, 2.24) is 10.3 Å². The summed E-state index contributed by atoms with van der Waals surface area (Å²) in [6.45, 7) is 0.661. The molecule has 4 nitrogen and oxygen atoms in total. The van der Waals surface area contributed by atoms with E-state index < -0.39 is 12.1 Å². The molecule has 86 valence electrons. The maximum Gasteiger partial charge on any atom is 0.261 e. The molecule has 0 radical (unpaired) electrons. The summed E-state index contributed by atoms with van der Waals surface area (Å²) in [5, 5.41) is 2.73. The fraction of sp³-hybridized carbons (Fsp3) is 0.455. The van der Waals surface area contributed by atoms with Crippen LogP contribution in [0.3, 0.4) is 0 Å². The van der Waals surface area contributed by atoms with Crippen LogP contribution in [0.1, 0.15) is 19.3 Å². The number of ether oxygens (including phenoxy) is 1. The molecule has 1 aliphatic heterocycles. The van der Waals surface area contributed by atoms with E-state index in [0.717, 1.165) is 12.8 Å². The van der Waals surface area contributed by atoms with Crippen molar-refractivity contribution in [2.45, 2.75) is 25.4 Å². The molecule has 0 aliphatic carbocycles. The minimum absolute atomic E-state index is 0.0320. The highest BCUT2D eigenvalue weighted by Gasteiger charge is 2.23. The predicted molar refractivity (Wildman–Crippen MR) is 55.5 cm³/mol. The molecule has 2 heterocycles. The molecule has 0 aromatic carbocycles. The van der Waals surface area contributed by atoms with Gasteiger partial charge in [0.1, 0.15) is 0 Å². The lowest BCUT2D eigenvalue weighted by Crippen LogP contribution is -2.36. The molecule has 16 heavy (non-hydrogen) atoms. The van der Waals surface area contributed by atoms with Gasteiger partial charge in [-0.25, -0.2) is 4.98 Å². The molecule has 1 N–H and O–H groups in total. The summed E-state index contributed by atoms with van der Waals surface area (Å²) in [5.41, 5.74) is 0. The lowest BCUT2D eigenvalue weighted by atomic mass is 10.2. The van der Waals surface area contributed by atoms with Crippen LogP contribution in [0.2, 0.25) is 0 Å². The smallest absolute Gasteiger partial charge is 0.261 e. The van der Waals surface area contributed by atoms with Gasteiger partial charge in [-0.2, -0.15) is 4.39 Å². The summed E-state index contributed by atoms with van der Waals surface area (Å²) < 4.78 is 18.5. The number of pyridine rings is 1. The molecule has 0 saturated carbocycles. The SMILES string of the molecule is O=C1NCCCCC1Oc1cccnc1F. The van der Waals surface area contributed by atoms with Crippen LogP contribution < -0.4 is 10.1 Å². The van der Waals surface area contributed by atoms with Gasteiger partial charge >= 0.3 is 0 Å². The second-order valence-electron chi connectivity index (χ2n) is 3.69. The molecule has 1 saturated heterocycles. The number of amides is 1. The summed E-state index contributed by atoms with van der Waals surface area (Å²) >= 11 is 0. The van der Waals surface area contributed by atoms with Crippen molar-refractivity contribution in [3.8, 4) is 5.75 Å². The Morgan fingerprint density at radius 1 is 1.50 bits per heavy atom. The van der Waals surface area contributed by atoms with Crippen molar-refractivity contribution in [3.05, 3.63) is 24.3 Å². The van der Waals surface area contributed by atoms with E-state index in [-0.39, 0.29) is 11.7 Å². The first-order valence-corrected chi connectivity index (χ1v) is 5.32. The number of aromatic nitrogens is 1. The number of carbonyl (C=O) groups excluding carboxylic acids is 1. The molecule has 0 bridgehead atoms. The highest BCUT2D eigenvalue weighted by atomic mass is 19.1. The average molecular weight is 224 g/mol. The van der Waals surface area contributed by atoms with Gasteiger partial charge in [0.05, 0.1) is 0 Å². The highest BCUT2D eigenvalue weighted by Crippen LogP contribution is 2.18. The Hall–Kier alpha value is -1.65. The van der Waals surface area contributed by atoms with Gasteiger partial charge in [-0.3, -0.25) is 4.79 Å². The Morgan fingerprint density at radius 2 is 2.38 bits per heavy atom. The van der Waals surface area contributed by atoms with Crippen LogP contribution in [-0.4, -0.2) is 23.5 Å². The van der Waals surface area contributed by atoms with E-state index in [0.29, 0.717) is 13.0 Å². The van der Waals surface area contributed by atoms with Crippen LogP contribution in [0.15, 0.2) is 18.3 Å². The number of carbonyl (C=O) groups is 1. The first kappa shape index (κ1) is 10.9. The zero-order chi connectivity index (χ0) is 11.4. The van der Waals surface area contributed by atoms with Crippen molar-refractivity contribution in [2.75, 3.05) is 6.54 Å². The quantitative estimate of drug-likeness (QED) is 0.769. The summed E-state index contributed by atoms with van der Waals surface area (Å²) in [4.78, 5) is 15.0. The zero-order valence-electron chi connectivity index (χ0n) is 8.78. The minimum atomic E-state index is -0.681. The lowest BCUT2D eigenvalue weighted by molar-refractivity contribution is -0.127. The summed E-state index contributed by atoms with van der Waals surface area (Å²) in [6, 6.07) is 3.05. The predicted octanol–water partition coefficient (Wildman–Crippen LogP) is 1.27. The van der Waals surface area contributed by atoms with Crippen LogP contribution >= 0.6 is 0 Å². The number of nitrogens with one attached hydrogen (secondary N) is 1. The van der Waals surface area contributed by atoms with Crippen LogP contribution in [0.25, 0.3) is 0 Å². The number of nitrogens with zero attached hydrogens (tertiary/aromatic N) is 1. The molecule has 1 fully saturated rings. The second-order valence-corrected chi connectivity index (χ2v) is 3.69. The zero-order valence-corrected chi connectivity index (χ0v) is 8.78. The number of hydrogen-bond donors (Lipinski definition) is 1. The van der Waals surface area contributed by atoms with Gasteiger partial charge in [0, 0.05) is 12.7 Å². The number of hydrogen-bond acceptors (Lipinski definition) is 3. The Labute approximate surface area is 92.8 Å². The summed E-state index contributed by atoms with van der Waals surface area (Å²) in [6.07, 6.45) is 3.17. The van der Waals surface area contributed by atoms with Crippen molar-refractivity contribution in [1.29, 1.82) is 0 Å². The van der Waals surface area contributed by atoms with Gasteiger partial charge in [0.15, 0.2) is 11.9 Å². The monoisotopic (exact) mass is 224 g/mol. The standard InChI is InChI=1S/C11H13FN2O2/c12-10-8(5-3-7-13-10)16-9-4-1-2-6-14-11(9)15/h3,5,7,9H,1-2,4,6H2,(H,14,15). The minimum Gasteiger partial charge on any atom is -0.476 e. The first-order chi connectivity index (χ1) is 7.77. The molecule has 5 heteroatoms. The van der Waals surface area contributed by atoms with Crippen LogP contribution in [-0.2, 0) is 4.79 Å². The van der Waals surface area contributed by atoms with Crippen LogP contribution in [0, 0.1) is 5.95 Å². The third kappa shape index (κ3) is 2.48. The molecule has 1 atom stereocenters. The molecule has 1 aromatic heterocycles. The van der Waals surface area contributed by atoms with Gasteiger partial charge in [0.25, 0.3) is 11.9 Å². The first-order valence-electron chi connectivity index (χ1n) is 5.32. The van der Waals surface area contributed by atoms with E-state index in [2.05, 4.69) is 10.3 Å². The van der Waals surface area contributed by atoms with E-state index in [1.807, 2.05) is 0 Å². The summed E-state index contributed by atoms with van der Waals surface area (Å²) in [5.74, 6) is -0.829. The van der Waals surface area contributed by atoms with E-state index in [1.165, 1.54) is 12.3 Å². The Kier molecular flexibility index (Phi) is 3.34. The lowest BCUT2D eigenvalue weighted by Gasteiger charge is -2.15. The molecule has 0 spiro atoms. The third-order valence-corrected chi connectivity index (χ3v) is 2.48. The van der Waals surface area contributed by atoms with Gasteiger partial charge in [-0.05, 0) is 31.4 Å². The number of rotatable bonds is 2. The van der Waals surface area contributed by atoms with Gasteiger partial charge in [-0.15, -0.1) is 0 Å². The van der Waals surface area contributed by atoms with Gasteiger partial charge < -0.3 is 10.1 Å². The van der Waals surface area contributed by atoms with Gasteiger partial charge in [0.2, 0.25) is 0 Å². The molecular formula is C11H13FN2O2. The van der Waals surface area contributed by atoms with Crippen molar-refractivity contribution in [3.63, 3.8) is 0 Å². The average Bonchev–Trinajstić information content (AvgIpc) is 2.48. The fourth-order valence-electron chi connectivity index (χ4n) is 1.64. The molecule has 2 rings (SSSR count). The van der Waals surface area contributed by atoms with Crippen molar-refractivity contribution >= 4 is 5.91 Å². The van der Waals surface area contributed by atoms with E-state index in [4.69, 9.17) is 4.74 Å². The molecular weight excluding hydrogens is 211 g/mol. The maximum absolute atomic E-state index is 13.2.